The monoisotopic (exact) mass is 647 g/mol. The molecule has 2 aromatic heterocycles. The number of aryl methyl sites for hydroxylation is 1. The lowest BCUT2D eigenvalue weighted by Crippen LogP contribution is -2.43. The number of carboxylic acid groups (broad SMARTS) is 1. The van der Waals surface area contributed by atoms with Gasteiger partial charge in [0, 0.05) is 62.2 Å². The fourth-order valence-electron chi connectivity index (χ4n) is 4.87. The number of rotatable bonds is 6. The topological polar surface area (TPSA) is 171 Å². The van der Waals surface area contributed by atoms with Crippen LogP contribution in [0.3, 0.4) is 0 Å². The van der Waals surface area contributed by atoms with E-state index in [0.29, 0.717) is 16.7 Å². The molecule has 3 N–H and O–H groups in total. The molecule has 0 bridgehead atoms. The van der Waals surface area contributed by atoms with E-state index < -0.39 is 46.0 Å². The molecule has 1 aliphatic heterocycles. The standard InChI is InChI=1S/C29H35F2N7O6S/c1-18-22(19-15-34-36(5)17-19)16-33-24(37-12-7-10-29(30,31)11-13-37)23(18)25(39)35-20-8-6-9-21(14-20)45(32,43)38(26(40)41)27(42)44-28(2,3)4/h6,8-9,14-17,32H,7,10-13H2,1-5H3,(H,35,39)(H,40,41). The normalized spacial score (nSPS) is 16.3. The molecule has 0 aliphatic carbocycles. The van der Waals surface area contributed by atoms with Crippen LogP contribution in [0.2, 0.25) is 0 Å². The van der Waals surface area contributed by atoms with E-state index in [9.17, 15) is 32.5 Å². The Labute approximate surface area is 259 Å². The molecule has 1 fully saturated rings. The zero-order valence-corrected chi connectivity index (χ0v) is 26.3. The largest absolute Gasteiger partial charge is 0.464 e. The highest BCUT2D eigenvalue weighted by Crippen LogP contribution is 2.35. The first kappa shape index (κ1) is 33.3. The van der Waals surface area contributed by atoms with Gasteiger partial charge in [0.2, 0.25) is 5.92 Å². The Morgan fingerprint density at radius 2 is 1.89 bits per heavy atom. The number of imide groups is 1. The molecule has 1 atom stereocenters. The number of aromatic nitrogens is 3. The molecule has 0 spiro atoms. The number of alkyl halides is 2. The van der Waals surface area contributed by atoms with Crippen molar-refractivity contribution in [2.24, 2.45) is 7.05 Å². The van der Waals surface area contributed by atoms with Gasteiger partial charge in [-0.25, -0.2) is 32.3 Å². The van der Waals surface area contributed by atoms with Crippen LogP contribution in [-0.2, 0) is 21.7 Å². The van der Waals surface area contributed by atoms with E-state index in [4.69, 9.17) is 9.52 Å². The van der Waals surface area contributed by atoms with Crippen LogP contribution in [0.15, 0.2) is 47.8 Å². The highest BCUT2D eigenvalue weighted by Gasteiger charge is 2.37. The van der Waals surface area contributed by atoms with Gasteiger partial charge >= 0.3 is 12.2 Å². The van der Waals surface area contributed by atoms with Crippen LogP contribution in [0.1, 0.15) is 56.0 Å². The average Bonchev–Trinajstić information content (AvgIpc) is 3.25. The van der Waals surface area contributed by atoms with Gasteiger partial charge in [-0.15, -0.1) is 4.31 Å². The second kappa shape index (κ2) is 12.4. The second-order valence-corrected chi connectivity index (χ2v) is 13.5. The summed E-state index contributed by atoms with van der Waals surface area (Å²) < 4.78 is 56.7. The Morgan fingerprint density at radius 3 is 2.51 bits per heavy atom. The smallest absolute Gasteiger partial charge is 0.433 e. The maximum atomic E-state index is 14.2. The number of ether oxygens (including phenoxy) is 1. The zero-order valence-electron chi connectivity index (χ0n) is 25.5. The van der Waals surface area contributed by atoms with Crippen LogP contribution in [0.25, 0.3) is 11.1 Å². The van der Waals surface area contributed by atoms with Crippen molar-refractivity contribution in [3.05, 3.63) is 54.0 Å². The number of nitrogens with zero attached hydrogens (tertiary/aromatic N) is 5. The second-order valence-electron chi connectivity index (χ2n) is 11.7. The number of halogens is 2. The number of amides is 3. The maximum absolute atomic E-state index is 14.2. The average molecular weight is 648 g/mol. The predicted molar refractivity (Wildman–Crippen MR) is 162 cm³/mol. The van der Waals surface area contributed by atoms with Crippen LogP contribution in [-0.4, -0.2) is 71.1 Å². The first-order valence-corrected chi connectivity index (χ1v) is 15.5. The van der Waals surface area contributed by atoms with Gasteiger partial charge in [-0.05, 0) is 57.9 Å². The van der Waals surface area contributed by atoms with E-state index in [1.165, 1.54) is 39.0 Å². The fraction of sp³-hybridized carbons (Fsp3) is 0.414. The summed E-state index contributed by atoms with van der Waals surface area (Å²) >= 11 is 0. The number of hydrogen-bond donors (Lipinski definition) is 3. The molecule has 13 nitrogen and oxygen atoms in total. The Morgan fingerprint density at radius 1 is 1.18 bits per heavy atom. The van der Waals surface area contributed by atoms with Gasteiger partial charge in [-0.2, -0.15) is 5.10 Å². The lowest BCUT2D eigenvalue weighted by atomic mass is 9.99. The molecular formula is C29H35F2N7O6S. The third kappa shape index (κ3) is 7.56. The van der Waals surface area contributed by atoms with Crippen molar-refractivity contribution in [3.63, 3.8) is 0 Å². The number of nitrogens with one attached hydrogen (secondary N) is 2. The molecule has 0 saturated carbocycles. The minimum Gasteiger partial charge on any atom is -0.464 e. The van der Waals surface area contributed by atoms with E-state index in [2.05, 4.69) is 15.4 Å². The van der Waals surface area contributed by atoms with Gasteiger partial charge < -0.3 is 20.1 Å². The SMILES string of the molecule is Cc1c(-c2cnn(C)c2)cnc(N2CCCC(F)(F)CC2)c1C(=O)Nc1cccc(S(=N)(=O)N(C(=O)O)C(=O)OC(C)(C)C)c1. The Balaban J connectivity index is 1.73. The molecule has 4 rings (SSSR count). The molecule has 1 aliphatic rings. The summed E-state index contributed by atoms with van der Waals surface area (Å²) in [5.74, 6) is -3.31. The van der Waals surface area contributed by atoms with Gasteiger partial charge in [-0.3, -0.25) is 9.48 Å². The van der Waals surface area contributed by atoms with Crippen LogP contribution in [0, 0.1) is 11.7 Å². The van der Waals surface area contributed by atoms with Crippen molar-refractivity contribution < 1.29 is 37.2 Å². The van der Waals surface area contributed by atoms with Crippen molar-refractivity contribution in [2.45, 2.75) is 63.4 Å². The minimum absolute atomic E-state index is 0.0297. The summed E-state index contributed by atoms with van der Waals surface area (Å²) in [6, 6.07) is 5.07. The first-order valence-electron chi connectivity index (χ1n) is 14.0. The van der Waals surface area contributed by atoms with Crippen LogP contribution >= 0.6 is 0 Å². The summed E-state index contributed by atoms with van der Waals surface area (Å²) in [7, 11) is -2.74. The van der Waals surface area contributed by atoms with Gasteiger partial charge in [-0.1, -0.05) is 6.07 Å². The van der Waals surface area contributed by atoms with E-state index in [-0.39, 0.29) is 52.2 Å². The summed E-state index contributed by atoms with van der Waals surface area (Å²) in [6.45, 7) is 6.38. The van der Waals surface area contributed by atoms with E-state index in [1.54, 1.807) is 42.1 Å². The lowest BCUT2D eigenvalue weighted by Gasteiger charge is -2.26. The minimum atomic E-state index is -4.48. The summed E-state index contributed by atoms with van der Waals surface area (Å²) in [4.78, 5) is 44.2. The fourth-order valence-corrected chi connectivity index (χ4v) is 6.10. The molecule has 1 unspecified atom stereocenters. The number of pyridine rings is 1. The molecule has 45 heavy (non-hydrogen) atoms. The van der Waals surface area contributed by atoms with Crippen molar-refractivity contribution in [2.75, 3.05) is 23.3 Å². The number of anilines is 2. The number of carbonyl (C=O) groups excluding carboxylic acids is 2. The first-order chi connectivity index (χ1) is 20.9. The van der Waals surface area contributed by atoms with Crippen molar-refractivity contribution in [1.29, 1.82) is 4.78 Å². The van der Waals surface area contributed by atoms with Gasteiger partial charge in [0.15, 0.2) is 9.92 Å². The van der Waals surface area contributed by atoms with Crippen LogP contribution < -0.4 is 10.2 Å². The van der Waals surface area contributed by atoms with E-state index in [1.807, 2.05) is 0 Å². The van der Waals surface area contributed by atoms with Crippen molar-refractivity contribution in [3.8, 4) is 11.1 Å². The quantitative estimate of drug-likeness (QED) is 0.294. The highest BCUT2D eigenvalue weighted by atomic mass is 32.2. The third-order valence-electron chi connectivity index (χ3n) is 6.98. The van der Waals surface area contributed by atoms with Gasteiger partial charge in [0.1, 0.15) is 11.4 Å². The number of benzene rings is 1. The summed E-state index contributed by atoms with van der Waals surface area (Å²) in [5.41, 5.74) is 0.787. The lowest BCUT2D eigenvalue weighted by molar-refractivity contribution is -0.0102. The zero-order chi connectivity index (χ0) is 33.3. The summed E-state index contributed by atoms with van der Waals surface area (Å²) in [6.07, 6.45) is 0.956. The molecule has 3 amide bonds. The third-order valence-corrected chi connectivity index (χ3v) is 8.69. The Hall–Kier alpha value is -4.60. The van der Waals surface area contributed by atoms with Crippen molar-refractivity contribution >= 4 is 39.5 Å². The van der Waals surface area contributed by atoms with E-state index >= 15 is 0 Å². The molecular weight excluding hydrogens is 612 g/mol. The van der Waals surface area contributed by atoms with Gasteiger partial charge in [0.25, 0.3) is 5.91 Å². The Kier molecular flexibility index (Phi) is 9.19. The van der Waals surface area contributed by atoms with E-state index in [0.717, 1.165) is 6.07 Å². The Bertz CT molecular complexity index is 1740. The number of carbonyl (C=O) groups is 3. The van der Waals surface area contributed by atoms with Crippen molar-refractivity contribution in [1.82, 2.24) is 19.1 Å². The highest BCUT2D eigenvalue weighted by molar-refractivity contribution is 7.91. The number of hydrogen-bond acceptors (Lipinski definition) is 9. The molecule has 0 radical (unpaired) electrons. The molecule has 1 aromatic carbocycles. The van der Waals surface area contributed by atoms with Crippen LogP contribution in [0.4, 0.5) is 29.9 Å². The molecule has 1 saturated heterocycles. The molecule has 3 heterocycles. The summed E-state index contributed by atoms with van der Waals surface area (Å²) in [5, 5.41) is 16.5. The predicted octanol–water partition coefficient (Wildman–Crippen LogP) is 5.90. The molecule has 242 valence electrons. The maximum Gasteiger partial charge on any atom is 0.433 e. The molecule has 16 heteroatoms. The van der Waals surface area contributed by atoms with Crippen LogP contribution in [0.5, 0.6) is 0 Å². The molecule has 3 aromatic rings. The van der Waals surface area contributed by atoms with Gasteiger partial charge in [0.05, 0.1) is 16.7 Å².